The average molecular weight is 290 g/mol. The number of hydrogen-bond donors (Lipinski definition) is 2. The van der Waals surface area contributed by atoms with Gasteiger partial charge in [-0.05, 0) is 32.0 Å². The van der Waals surface area contributed by atoms with Crippen LogP contribution < -0.4 is 5.32 Å². The molecule has 0 aromatic heterocycles. The van der Waals surface area contributed by atoms with Crippen LogP contribution >= 0.6 is 15.9 Å². The summed E-state index contributed by atoms with van der Waals surface area (Å²) >= 11 is 3.19. The zero-order valence-electron chi connectivity index (χ0n) is 9.56. The molecule has 0 amide bonds. The Morgan fingerprint density at radius 1 is 1.50 bits per heavy atom. The Morgan fingerprint density at radius 3 is 2.75 bits per heavy atom. The Balaban J connectivity index is 2.80. The lowest BCUT2D eigenvalue weighted by Gasteiger charge is -2.24. The number of nitrogens with one attached hydrogen (secondary N) is 1. The van der Waals surface area contributed by atoms with Crippen molar-refractivity contribution in [2.75, 3.05) is 13.1 Å². The summed E-state index contributed by atoms with van der Waals surface area (Å²) in [6.07, 6.45) is 0.985. The number of halogens is 2. The molecule has 0 fully saturated rings. The summed E-state index contributed by atoms with van der Waals surface area (Å²) in [5.41, 5.74) is -0.862. The second-order valence-electron chi connectivity index (χ2n) is 4.07. The van der Waals surface area contributed by atoms with Crippen molar-refractivity contribution < 1.29 is 9.50 Å². The SMILES string of the molecule is CCCNCC(C)(O)c1ccc(Br)cc1F. The largest absolute Gasteiger partial charge is 0.384 e. The van der Waals surface area contributed by atoms with Crippen molar-refractivity contribution in [2.45, 2.75) is 25.9 Å². The van der Waals surface area contributed by atoms with E-state index in [2.05, 4.69) is 21.2 Å². The van der Waals surface area contributed by atoms with E-state index in [0.29, 0.717) is 16.6 Å². The Bertz CT molecular complexity index is 355. The lowest BCUT2D eigenvalue weighted by molar-refractivity contribution is 0.0535. The van der Waals surface area contributed by atoms with E-state index in [1.54, 1.807) is 19.1 Å². The summed E-state index contributed by atoms with van der Waals surface area (Å²) in [4.78, 5) is 0. The van der Waals surface area contributed by atoms with Crippen LogP contribution in [0, 0.1) is 5.82 Å². The third-order valence-corrected chi connectivity index (χ3v) is 2.90. The third-order valence-electron chi connectivity index (χ3n) is 2.41. The van der Waals surface area contributed by atoms with Gasteiger partial charge < -0.3 is 10.4 Å². The van der Waals surface area contributed by atoms with Crippen LogP contribution in [-0.2, 0) is 5.60 Å². The van der Waals surface area contributed by atoms with E-state index in [1.165, 1.54) is 6.07 Å². The van der Waals surface area contributed by atoms with Gasteiger partial charge in [-0.15, -0.1) is 0 Å². The summed E-state index contributed by atoms with van der Waals surface area (Å²) in [6.45, 7) is 4.82. The Labute approximate surface area is 104 Å². The second kappa shape index (κ2) is 5.75. The highest BCUT2D eigenvalue weighted by Crippen LogP contribution is 2.25. The van der Waals surface area contributed by atoms with E-state index in [9.17, 15) is 9.50 Å². The first-order chi connectivity index (χ1) is 7.47. The van der Waals surface area contributed by atoms with Gasteiger partial charge in [0.15, 0.2) is 0 Å². The van der Waals surface area contributed by atoms with Gasteiger partial charge in [0, 0.05) is 16.6 Å². The number of hydrogen-bond acceptors (Lipinski definition) is 2. The number of rotatable bonds is 5. The van der Waals surface area contributed by atoms with Crippen molar-refractivity contribution in [3.63, 3.8) is 0 Å². The van der Waals surface area contributed by atoms with Crippen molar-refractivity contribution in [3.05, 3.63) is 34.1 Å². The van der Waals surface area contributed by atoms with Crippen molar-refractivity contribution in [2.24, 2.45) is 0 Å². The molecule has 2 nitrogen and oxygen atoms in total. The molecular weight excluding hydrogens is 273 g/mol. The van der Waals surface area contributed by atoms with E-state index in [4.69, 9.17) is 0 Å². The smallest absolute Gasteiger partial charge is 0.130 e. The molecule has 1 atom stereocenters. The topological polar surface area (TPSA) is 32.3 Å². The van der Waals surface area contributed by atoms with Gasteiger partial charge in [-0.25, -0.2) is 4.39 Å². The van der Waals surface area contributed by atoms with Crippen LogP contribution in [0.25, 0.3) is 0 Å². The molecule has 0 aliphatic carbocycles. The predicted molar refractivity (Wildman–Crippen MR) is 66.8 cm³/mol. The van der Waals surface area contributed by atoms with E-state index >= 15 is 0 Å². The predicted octanol–water partition coefficient (Wildman–Crippen LogP) is 2.80. The van der Waals surface area contributed by atoms with Crippen LogP contribution in [0.5, 0.6) is 0 Å². The fourth-order valence-corrected chi connectivity index (χ4v) is 1.86. The summed E-state index contributed by atoms with van der Waals surface area (Å²) in [5, 5.41) is 13.3. The molecule has 2 N–H and O–H groups in total. The average Bonchev–Trinajstić information content (AvgIpc) is 2.17. The first kappa shape index (κ1) is 13.6. The molecule has 0 saturated carbocycles. The molecule has 1 aromatic rings. The molecule has 0 heterocycles. The fourth-order valence-electron chi connectivity index (χ4n) is 1.53. The van der Waals surface area contributed by atoms with E-state index in [1.807, 2.05) is 6.92 Å². The molecule has 16 heavy (non-hydrogen) atoms. The number of aliphatic hydroxyl groups is 1. The third kappa shape index (κ3) is 3.54. The quantitative estimate of drug-likeness (QED) is 0.817. The van der Waals surface area contributed by atoms with Gasteiger partial charge in [0.2, 0.25) is 0 Å². The van der Waals surface area contributed by atoms with Gasteiger partial charge in [0.1, 0.15) is 11.4 Å². The zero-order chi connectivity index (χ0) is 12.2. The van der Waals surface area contributed by atoms with Crippen molar-refractivity contribution in [1.82, 2.24) is 5.32 Å². The Morgan fingerprint density at radius 2 is 2.19 bits per heavy atom. The molecule has 4 heteroatoms. The highest BCUT2D eigenvalue weighted by molar-refractivity contribution is 9.10. The first-order valence-corrected chi connectivity index (χ1v) is 6.15. The van der Waals surface area contributed by atoms with Gasteiger partial charge in [0.25, 0.3) is 0 Å². The highest BCUT2D eigenvalue weighted by Gasteiger charge is 2.25. The molecule has 0 spiro atoms. The highest BCUT2D eigenvalue weighted by atomic mass is 79.9. The van der Waals surface area contributed by atoms with E-state index < -0.39 is 11.4 Å². The minimum Gasteiger partial charge on any atom is -0.384 e. The minimum absolute atomic E-state index is 0.319. The zero-order valence-corrected chi connectivity index (χ0v) is 11.1. The lowest BCUT2D eigenvalue weighted by atomic mass is 9.95. The summed E-state index contributed by atoms with van der Waals surface area (Å²) in [6, 6.07) is 4.70. The van der Waals surface area contributed by atoms with Crippen LogP contribution in [-0.4, -0.2) is 18.2 Å². The molecule has 0 radical (unpaired) electrons. The number of benzene rings is 1. The Hall–Kier alpha value is -0.450. The molecule has 0 aliphatic rings. The molecule has 1 rings (SSSR count). The molecular formula is C12H17BrFNO. The summed E-state index contributed by atoms with van der Waals surface area (Å²) < 4.78 is 14.3. The van der Waals surface area contributed by atoms with Crippen LogP contribution in [0.4, 0.5) is 4.39 Å². The maximum Gasteiger partial charge on any atom is 0.130 e. The molecule has 0 saturated heterocycles. The normalized spacial score (nSPS) is 14.8. The summed E-state index contributed by atoms with van der Waals surface area (Å²) in [5.74, 6) is -0.391. The molecule has 1 aromatic carbocycles. The molecule has 1 unspecified atom stereocenters. The minimum atomic E-state index is -1.18. The maximum atomic E-state index is 13.6. The first-order valence-electron chi connectivity index (χ1n) is 5.36. The van der Waals surface area contributed by atoms with Crippen molar-refractivity contribution >= 4 is 15.9 Å². The van der Waals surface area contributed by atoms with Crippen molar-refractivity contribution in [3.8, 4) is 0 Å². The maximum absolute atomic E-state index is 13.6. The van der Waals surface area contributed by atoms with Gasteiger partial charge in [-0.2, -0.15) is 0 Å². The van der Waals surface area contributed by atoms with Crippen LogP contribution in [0.3, 0.4) is 0 Å². The standard InChI is InChI=1S/C12H17BrFNO/c1-3-6-15-8-12(2,16)10-5-4-9(13)7-11(10)14/h4-5,7,15-16H,3,6,8H2,1-2H3. The lowest BCUT2D eigenvalue weighted by Crippen LogP contribution is -2.36. The van der Waals surface area contributed by atoms with Gasteiger partial charge >= 0.3 is 0 Å². The fraction of sp³-hybridized carbons (Fsp3) is 0.500. The monoisotopic (exact) mass is 289 g/mol. The molecule has 0 aliphatic heterocycles. The summed E-state index contributed by atoms with van der Waals surface area (Å²) in [7, 11) is 0. The molecule has 90 valence electrons. The van der Waals surface area contributed by atoms with Crippen LogP contribution in [0.15, 0.2) is 22.7 Å². The van der Waals surface area contributed by atoms with Gasteiger partial charge in [0.05, 0.1) is 0 Å². The van der Waals surface area contributed by atoms with Gasteiger partial charge in [-0.3, -0.25) is 0 Å². The van der Waals surface area contributed by atoms with E-state index in [-0.39, 0.29) is 0 Å². The van der Waals surface area contributed by atoms with Crippen molar-refractivity contribution in [1.29, 1.82) is 0 Å². The van der Waals surface area contributed by atoms with Crippen LogP contribution in [0.2, 0.25) is 0 Å². The molecule has 0 bridgehead atoms. The van der Waals surface area contributed by atoms with E-state index in [0.717, 1.165) is 13.0 Å². The Kier molecular flexibility index (Phi) is 4.89. The van der Waals surface area contributed by atoms with Crippen LogP contribution in [0.1, 0.15) is 25.8 Å². The van der Waals surface area contributed by atoms with Gasteiger partial charge in [-0.1, -0.05) is 28.9 Å². The second-order valence-corrected chi connectivity index (χ2v) is 4.99.